The molecule has 1 aliphatic carbocycles. The third kappa shape index (κ3) is 9.14. The van der Waals surface area contributed by atoms with Crippen molar-refractivity contribution in [1.82, 2.24) is 5.32 Å². The molecule has 3 amide bonds. The zero-order chi connectivity index (χ0) is 33.9. The highest BCUT2D eigenvalue weighted by Gasteiger charge is 2.26. The molecule has 4 aromatic rings. The molecule has 248 valence electrons. The second-order valence-electron chi connectivity index (χ2n) is 11.1. The third-order valence-corrected chi connectivity index (χ3v) is 9.93. The van der Waals surface area contributed by atoms with E-state index in [1.54, 1.807) is 79.9 Å². The lowest BCUT2D eigenvalue weighted by atomic mass is 9.96. The van der Waals surface area contributed by atoms with E-state index in [0.29, 0.717) is 33.1 Å². The Bertz CT molecular complexity index is 1800. The number of ether oxygens (including phenoxy) is 2. The van der Waals surface area contributed by atoms with Crippen molar-refractivity contribution in [2.75, 3.05) is 30.6 Å². The van der Waals surface area contributed by atoms with Crippen LogP contribution in [-0.4, -0.2) is 43.7 Å². The standard InChI is InChI=1S/C37H37N3O6S2/c1-45-27-19-17-24(18-20-27)21-30(39-34(42)25-11-6-5-7-12-25)35(43)38-26-13-10-14-28(22-26)47-23-32(41)40-36-33(37(44)46-2)29-15-8-3-4-9-16-31(29)48-36/h5-7,10-14,17-22H,3-4,8-9,15-16,23H2,1-2H3,(H,38,43)(H,39,42)(H,40,41)/b30-21+. The fourth-order valence-electron chi connectivity index (χ4n) is 5.31. The number of esters is 1. The van der Waals surface area contributed by atoms with Gasteiger partial charge < -0.3 is 25.4 Å². The first kappa shape index (κ1) is 34.5. The summed E-state index contributed by atoms with van der Waals surface area (Å²) in [6.45, 7) is 0. The van der Waals surface area contributed by atoms with Crippen molar-refractivity contribution < 1.29 is 28.7 Å². The minimum atomic E-state index is -0.515. The summed E-state index contributed by atoms with van der Waals surface area (Å²) in [5.41, 5.74) is 3.12. The van der Waals surface area contributed by atoms with Gasteiger partial charge in [-0.25, -0.2) is 4.79 Å². The molecule has 0 aliphatic heterocycles. The first-order valence-electron chi connectivity index (χ1n) is 15.6. The van der Waals surface area contributed by atoms with Gasteiger partial charge in [-0.1, -0.05) is 49.2 Å². The first-order chi connectivity index (χ1) is 23.3. The number of thioether (sulfide) groups is 1. The second kappa shape index (κ2) is 16.8. The van der Waals surface area contributed by atoms with Crippen LogP contribution >= 0.6 is 23.1 Å². The number of nitrogens with one attached hydrogen (secondary N) is 3. The number of methoxy groups -OCH3 is 2. The van der Waals surface area contributed by atoms with E-state index in [9.17, 15) is 19.2 Å². The molecule has 3 aromatic carbocycles. The molecular weight excluding hydrogens is 647 g/mol. The molecule has 0 spiro atoms. The monoisotopic (exact) mass is 683 g/mol. The van der Waals surface area contributed by atoms with Crippen LogP contribution in [0, 0.1) is 0 Å². The highest BCUT2D eigenvalue weighted by atomic mass is 32.2. The maximum Gasteiger partial charge on any atom is 0.341 e. The minimum Gasteiger partial charge on any atom is -0.497 e. The highest BCUT2D eigenvalue weighted by molar-refractivity contribution is 8.00. The first-order valence-corrected chi connectivity index (χ1v) is 17.4. The third-order valence-electron chi connectivity index (χ3n) is 7.73. The van der Waals surface area contributed by atoms with Crippen molar-refractivity contribution in [1.29, 1.82) is 0 Å². The molecule has 1 heterocycles. The number of hydrogen-bond acceptors (Lipinski definition) is 8. The average molecular weight is 684 g/mol. The number of thiophene rings is 1. The van der Waals surface area contributed by atoms with Crippen LogP contribution in [0.5, 0.6) is 5.75 Å². The zero-order valence-corrected chi connectivity index (χ0v) is 28.4. The Balaban J connectivity index is 1.27. The Morgan fingerprint density at radius 2 is 1.60 bits per heavy atom. The molecule has 1 aliphatic rings. The van der Waals surface area contributed by atoms with E-state index < -0.39 is 17.8 Å². The largest absolute Gasteiger partial charge is 0.497 e. The number of carbonyl (C=O) groups is 4. The van der Waals surface area contributed by atoms with E-state index in [4.69, 9.17) is 9.47 Å². The van der Waals surface area contributed by atoms with E-state index in [-0.39, 0.29) is 17.4 Å². The van der Waals surface area contributed by atoms with Crippen LogP contribution in [0.15, 0.2) is 89.5 Å². The summed E-state index contributed by atoms with van der Waals surface area (Å²) in [5, 5.41) is 9.09. The van der Waals surface area contributed by atoms with E-state index >= 15 is 0 Å². The van der Waals surface area contributed by atoms with Gasteiger partial charge in [0.05, 0.1) is 25.5 Å². The number of aryl methyl sites for hydroxylation is 1. The Morgan fingerprint density at radius 1 is 0.854 bits per heavy atom. The van der Waals surface area contributed by atoms with Crippen molar-refractivity contribution in [2.45, 2.75) is 43.4 Å². The Hall–Kier alpha value is -4.87. The molecule has 0 fully saturated rings. The van der Waals surface area contributed by atoms with Crippen molar-refractivity contribution >= 4 is 63.6 Å². The summed E-state index contributed by atoms with van der Waals surface area (Å²) in [7, 11) is 2.93. The van der Waals surface area contributed by atoms with Gasteiger partial charge in [0, 0.05) is 21.0 Å². The molecule has 11 heteroatoms. The summed E-state index contributed by atoms with van der Waals surface area (Å²) >= 11 is 2.77. The highest BCUT2D eigenvalue weighted by Crippen LogP contribution is 2.38. The van der Waals surface area contributed by atoms with Gasteiger partial charge in [0.15, 0.2) is 0 Å². The van der Waals surface area contributed by atoms with Gasteiger partial charge in [-0.15, -0.1) is 23.1 Å². The summed E-state index contributed by atoms with van der Waals surface area (Å²) in [4.78, 5) is 54.2. The van der Waals surface area contributed by atoms with Gasteiger partial charge in [-0.3, -0.25) is 14.4 Å². The van der Waals surface area contributed by atoms with E-state index in [1.807, 2.05) is 12.1 Å². The normalized spacial score (nSPS) is 12.9. The molecule has 9 nitrogen and oxygen atoms in total. The molecule has 0 saturated heterocycles. The molecule has 0 atom stereocenters. The number of carbonyl (C=O) groups excluding carboxylic acids is 4. The van der Waals surface area contributed by atoms with Gasteiger partial charge in [-0.2, -0.15) is 0 Å². The lowest BCUT2D eigenvalue weighted by Crippen LogP contribution is -2.30. The molecule has 5 rings (SSSR count). The van der Waals surface area contributed by atoms with E-state index in [1.165, 1.54) is 30.2 Å². The maximum atomic E-state index is 13.5. The van der Waals surface area contributed by atoms with Crippen LogP contribution in [0.1, 0.15) is 62.4 Å². The van der Waals surface area contributed by atoms with E-state index in [0.717, 1.165) is 53.9 Å². The molecule has 0 unspecified atom stereocenters. The smallest absolute Gasteiger partial charge is 0.341 e. The Morgan fingerprint density at radius 3 is 2.33 bits per heavy atom. The fraction of sp³-hybridized carbons (Fsp3) is 0.243. The molecule has 48 heavy (non-hydrogen) atoms. The average Bonchev–Trinajstić information content (AvgIpc) is 3.42. The Kier molecular flexibility index (Phi) is 12.1. The second-order valence-corrected chi connectivity index (χ2v) is 13.2. The van der Waals surface area contributed by atoms with Gasteiger partial charge in [0.2, 0.25) is 5.91 Å². The van der Waals surface area contributed by atoms with Crippen molar-refractivity contribution in [3.63, 3.8) is 0 Å². The Labute approximate surface area is 288 Å². The van der Waals surface area contributed by atoms with Crippen LogP contribution in [0.3, 0.4) is 0 Å². The van der Waals surface area contributed by atoms with Crippen molar-refractivity contribution in [3.05, 3.63) is 112 Å². The molecule has 0 bridgehead atoms. The molecule has 3 N–H and O–H groups in total. The fourth-order valence-corrected chi connectivity index (χ4v) is 7.36. The van der Waals surface area contributed by atoms with Crippen LogP contribution in [0.25, 0.3) is 6.08 Å². The van der Waals surface area contributed by atoms with Gasteiger partial charge in [0.1, 0.15) is 16.4 Å². The summed E-state index contributed by atoms with van der Waals surface area (Å²) in [6, 6.07) is 22.9. The van der Waals surface area contributed by atoms with Gasteiger partial charge >= 0.3 is 5.97 Å². The summed E-state index contributed by atoms with van der Waals surface area (Å²) < 4.78 is 10.3. The molecule has 1 aromatic heterocycles. The van der Waals surface area contributed by atoms with Gasteiger partial charge in [0.25, 0.3) is 11.8 Å². The topological polar surface area (TPSA) is 123 Å². The summed E-state index contributed by atoms with van der Waals surface area (Å²) in [5.74, 6) is -0.857. The maximum absolute atomic E-state index is 13.5. The predicted molar refractivity (Wildman–Crippen MR) is 191 cm³/mol. The number of benzene rings is 3. The zero-order valence-electron chi connectivity index (χ0n) is 26.8. The number of hydrogen-bond donors (Lipinski definition) is 3. The van der Waals surface area contributed by atoms with Crippen LogP contribution < -0.4 is 20.7 Å². The van der Waals surface area contributed by atoms with Crippen molar-refractivity contribution in [2.24, 2.45) is 0 Å². The quantitative estimate of drug-likeness (QED) is 0.0859. The number of anilines is 2. The predicted octanol–water partition coefficient (Wildman–Crippen LogP) is 7.34. The van der Waals surface area contributed by atoms with Crippen molar-refractivity contribution in [3.8, 4) is 5.75 Å². The molecule has 0 radical (unpaired) electrons. The number of amides is 3. The number of rotatable bonds is 11. The van der Waals surface area contributed by atoms with Crippen LogP contribution in [0.2, 0.25) is 0 Å². The van der Waals surface area contributed by atoms with Crippen LogP contribution in [-0.2, 0) is 27.2 Å². The van der Waals surface area contributed by atoms with Crippen LogP contribution in [0.4, 0.5) is 10.7 Å². The number of fused-ring (bicyclic) bond motifs is 1. The van der Waals surface area contributed by atoms with E-state index in [2.05, 4.69) is 16.0 Å². The summed E-state index contributed by atoms with van der Waals surface area (Å²) in [6.07, 6.45) is 7.62. The molecule has 0 saturated carbocycles. The lowest BCUT2D eigenvalue weighted by molar-refractivity contribution is -0.114. The van der Waals surface area contributed by atoms with Gasteiger partial charge in [-0.05, 0) is 85.4 Å². The molecular formula is C37H37N3O6S2. The minimum absolute atomic E-state index is 0.0536. The lowest BCUT2D eigenvalue weighted by Gasteiger charge is -2.12. The SMILES string of the molecule is COC(=O)c1c(NC(=O)CSc2cccc(NC(=O)/C(=C\c3ccc(OC)cc3)NC(=O)c3ccccc3)c2)sc2c1CCCCCC2.